The fourth-order valence-electron chi connectivity index (χ4n) is 4.11. The van der Waals surface area contributed by atoms with Gasteiger partial charge in [0, 0.05) is 18.0 Å². The van der Waals surface area contributed by atoms with Crippen LogP contribution in [0.25, 0.3) is 22.5 Å². The summed E-state index contributed by atoms with van der Waals surface area (Å²) in [5, 5.41) is 0. The lowest BCUT2D eigenvalue weighted by atomic mass is 9.96. The molecular weight excluding hydrogens is 376 g/mol. The average molecular weight is 415 g/mol. The van der Waals surface area contributed by atoms with Crippen LogP contribution in [0.2, 0.25) is 0 Å². The normalized spacial score (nSPS) is 12.1. The molecule has 0 aliphatic heterocycles. The summed E-state index contributed by atoms with van der Waals surface area (Å²) in [7, 11) is 0. The van der Waals surface area contributed by atoms with Gasteiger partial charge < -0.3 is 0 Å². The molecular formula is C29H38N2. The molecule has 1 atom stereocenters. The van der Waals surface area contributed by atoms with Crippen LogP contribution in [0.1, 0.15) is 76.8 Å². The second kappa shape index (κ2) is 12.4. The zero-order chi connectivity index (χ0) is 21.9. The Bertz CT molecular complexity index is 880. The fourth-order valence-corrected chi connectivity index (χ4v) is 4.11. The van der Waals surface area contributed by atoms with E-state index < -0.39 is 0 Å². The highest BCUT2D eigenvalue weighted by Gasteiger charge is 2.05. The first-order chi connectivity index (χ1) is 15.2. The molecule has 3 rings (SSSR count). The van der Waals surface area contributed by atoms with Gasteiger partial charge in [0.05, 0.1) is 0 Å². The summed E-state index contributed by atoms with van der Waals surface area (Å²) < 4.78 is 0. The molecule has 0 spiro atoms. The van der Waals surface area contributed by atoms with Crippen LogP contribution in [0.4, 0.5) is 0 Å². The van der Waals surface area contributed by atoms with Crippen LogP contribution in [-0.2, 0) is 12.8 Å². The van der Waals surface area contributed by atoms with Crippen LogP contribution < -0.4 is 0 Å². The molecule has 0 aliphatic carbocycles. The minimum absolute atomic E-state index is 0.806. The molecule has 2 nitrogen and oxygen atoms in total. The van der Waals surface area contributed by atoms with E-state index in [1.165, 1.54) is 73.6 Å². The van der Waals surface area contributed by atoms with Gasteiger partial charge in [-0.15, -0.1) is 0 Å². The minimum atomic E-state index is 0.806. The fraction of sp³-hybridized carbons (Fsp3) is 0.448. The highest BCUT2D eigenvalue weighted by molar-refractivity contribution is 5.67. The van der Waals surface area contributed by atoms with Gasteiger partial charge >= 0.3 is 0 Å². The van der Waals surface area contributed by atoms with E-state index in [1.807, 2.05) is 12.4 Å². The number of aromatic nitrogens is 2. The van der Waals surface area contributed by atoms with Crippen LogP contribution in [0.5, 0.6) is 0 Å². The summed E-state index contributed by atoms with van der Waals surface area (Å²) in [4.78, 5) is 9.20. The van der Waals surface area contributed by atoms with Crippen molar-refractivity contribution in [1.82, 2.24) is 9.97 Å². The molecule has 1 heterocycles. The summed E-state index contributed by atoms with van der Waals surface area (Å²) >= 11 is 0. The maximum absolute atomic E-state index is 4.60. The van der Waals surface area contributed by atoms with Gasteiger partial charge in [0.2, 0.25) is 0 Å². The quantitative estimate of drug-likeness (QED) is 0.278. The van der Waals surface area contributed by atoms with Crippen molar-refractivity contribution in [1.29, 1.82) is 0 Å². The summed E-state index contributed by atoms with van der Waals surface area (Å²) in [5.74, 6) is 1.62. The van der Waals surface area contributed by atoms with Gasteiger partial charge in [-0.25, -0.2) is 9.97 Å². The lowest BCUT2D eigenvalue weighted by Gasteiger charge is -2.10. The Kier molecular flexibility index (Phi) is 9.27. The number of unbranched alkanes of at least 4 members (excludes halogenated alkanes) is 3. The van der Waals surface area contributed by atoms with E-state index in [1.54, 1.807) is 0 Å². The molecule has 0 saturated heterocycles. The van der Waals surface area contributed by atoms with Crippen molar-refractivity contribution in [2.75, 3.05) is 0 Å². The Hall–Kier alpha value is -2.48. The van der Waals surface area contributed by atoms with Gasteiger partial charge in [0.15, 0.2) is 5.82 Å². The van der Waals surface area contributed by atoms with Crippen LogP contribution in [0, 0.1) is 5.92 Å². The molecule has 0 N–H and O–H groups in total. The maximum atomic E-state index is 4.60. The number of hydrogen-bond donors (Lipinski definition) is 0. The molecule has 0 saturated carbocycles. The molecule has 2 aromatic carbocycles. The lowest BCUT2D eigenvalue weighted by molar-refractivity contribution is 0.486. The van der Waals surface area contributed by atoms with Crippen molar-refractivity contribution >= 4 is 0 Å². The summed E-state index contributed by atoms with van der Waals surface area (Å²) in [6.45, 7) is 6.88. The highest BCUT2D eigenvalue weighted by Crippen LogP contribution is 2.24. The molecule has 2 heteroatoms. The zero-order valence-electron chi connectivity index (χ0n) is 19.6. The number of aryl methyl sites for hydroxylation is 2. The molecule has 0 fully saturated rings. The van der Waals surface area contributed by atoms with Crippen LogP contribution >= 0.6 is 0 Å². The van der Waals surface area contributed by atoms with E-state index in [0.717, 1.165) is 23.7 Å². The highest BCUT2D eigenvalue weighted by atomic mass is 14.9. The van der Waals surface area contributed by atoms with E-state index in [0.29, 0.717) is 0 Å². The van der Waals surface area contributed by atoms with Gasteiger partial charge in [0.25, 0.3) is 0 Å². The number of benzene rings is 2. The maximum Gasteiger partial charge on any atom is 0.159 e. The van der Waals surface area contributed by atoms with E-state index >= 15 is 0 Å². The Morgan fingerprint density at radius 1 is 0.613 bits per heavy atom. The predicted octanol–water partition coefficient (Wildman–Crippen LogP) is 8.30. The number of hydrogen-bond acceptors (Lipinski definition) is 2. The first kappa shape index (κ1) is 23.2. The van der Waals surface area contributed by atoms with E-state index in [-0.39, 0.29) is 0 Å². The molecule has 0 aliphatic rings. The van der Waals surface area contributed by atoms with E-state index in [4.69, 9.17) is 0 Å². The number of nitrogens with zero attached hydrogens (tertiary/aromatic N) is 2. The van der Waals surface area contributed by atoms with Crippen LogP contribution in [0.3, 0.4) is 0 Å². The molecule has 1 aromatic heterocycles. The summed E-state index contributed by atoms with van der Waals surface area (Å²) in [6, 6.07) is 17.7. The molecule has 0 radical (unpaired) electrons. The van der Waals surface area contributed by atoms with E-state index in [2.05, 4.69) is 79.3 Å². The summed E-state index contributed by atoms with van der Waals surface area (Å²) in [5.41, 5.74) is 6.25. The molecule has 1 unspecified atom stereocenters. The van der Waals surface area contributed by atoms with Gasteiger partial charge in [-0.05, 0) is 53.9 Å². The molecule has 0 amide bonds. The van der Waals surface area contributed by atoms with Gasteiger partial charge in [-0.1, -0.05) is 101 Å². The van der Waals surface area contributed by atoms with Crippen molar-refractivity contribution in [3.63, 3.8) is 0 Å². The van der Waals surface area contributed by atoms with Gasteiger partial charge in [0.1, 0.15) is 0 Å². The molecule has 164 valence electrons. The Labute approximate surface area is 189 Å². The molecule has 0 bridgehead atoms. The standard InChI is InChI=1S/C29H38N2/c1-4-6-7-8-10-25-21-30-29(31-22-25)28-19-17-27(18-20-28)26-15-13-24(14-16-26)12-11-23(3)9-5-2/h13-23H,4-12H2,1-3H3. The first-order valence-corrected chi connectivity index (χ1v) is 12.2. The third kappa shape index (κ3) is 7.31. The third-order valence-electron chi connectivity index (χ3n) is 6.16. The Morgan fingerprint density at radius 2 is 1.23 bits per heavy atom. The van der Waals surface area contributed by atoms with Gasteiger partial charge in [-0.3, -0.25) is 0 Å². The SMILES string of the molecule is CCCCCCc1cnc(-c2ccc(-c3ccc(CCC(C)CCC)cc3)cc2)nc1. The second-order valence-corrected chi connectivity index (χ2v) is 8.93. The Balaban J connectivity index is 1.57. The van der Waals surface area contributed by atoms with Crippen molar-refractivity contribution < 1.29 is 0 Å². The van der Waals surface area contributed by atoms with Crippen LogP contribution in [-0.4, -0.2) is 9.97 Å². The van der Waals surface area contributed by atoms with Crippen molar-refractivity contribution in [2.24, 2.45) is 5.92 Å². The smallest absolute Gasteiger partial charge is 0.159 e. The largest absolute Gasteiger partial charge is 0.236 e. The topological polar surface area (TPSA) is 25.8 Å². The summed E-state index contributed by atoms with van der Waals surface area (Å²) in [6.07, 6.45) is 15.2. The van der Waals surface area contributed by atoms with Gasteiger partial charge in [-0.2, -0.15) is 0 Å². The zero-order valence-corrected chi connectivity index (χ0v) is 19.6. The number of rotatable bonds is 12. The predicted molar refractivity (Wildman–Crippen MR) is 133 cm³/mol. The monoisotopic (exact) mass is 414 g/mol. The van der Waals surface area contributed by atoms with Crippen molar-refractivity contribution in [3.8, 4) is 22.5 Å². The first-order valence-electron chi connectivity index (χ1n) is 12.2. The minimum Gasteiger partial charge on any atom is -0.236 e. The second-order valence-electron chi connectivity index (χ2n) is 8.93. The van der Waals surface area contributed by atoms with Crippen LogP contribution in [0.15, 0.2) is 60.9 Å². The Morgan fingerprint density at radius 3 is 1.84 bits per heavy atom. The molecule has 31 heavy (non-hydrogen) atoms. The molecule has 3 aromatic rings. The van der Waals surface area contributed by atoms with E-state index in [9.17, 15) is 0 Å². The van der Waals surface area contributed by atoms with Crippen molar-refractivity contribution in [2.45, 2.75) is 78.6 Å². The van der Waals surface area contributed by atoms with Crippen molar-refractivity contribution in [3.05, 3.63) is 72.1 Å². The lowest BCUT2D eigenvalue weighted by Crippen LogP contribution is -1.96. The third-order valence-corrected chi connectivity index (χ3v) is 6.16. The average Bonchev–Trinajstić information content (AvgIpc) is 2.82.